The van der Waals surface area contributed by atoms with Crippen molar-refractivity contribution < 1.29 is 9.84 Å². The molecule has 1 aromatic heterocycles. The molecule has 1 aliphatic heterocycles. The molecule has 1 aliphatic rings. The van der Waals surface area contributed by atoms with Gasteiger partial charge in [0, 0.05) is 30.6 Å². The summed E-state index contributed by atoms with van der Waals surface area (Å²) >= 11 is 0. The first-order valence-corrected chi connectivity index (χ1v) is 9.30. The smallest absolute Gasteiger partial charge is 0.228 e. The molecule has 0 aliphatic carbocycles. The minimum atomic E-state index is -0.174. The van der Waals surface area contributed by atoms with E-state index >= 15 is 0 Å². The van der Waals surface area contributed by atoms with Crippen molar-refractivity contribution in [2.75, 3.05) is 20.6 Å². The number of ether oxygens (including phenoxy) is 1. The molecule has 2 N–H and O–H groups in total. The predicted molar refractivity (Wildman–Crippen MR) is 107 cm³/mol. The Morgan fingerprint density at radius 3 is 2.64 bits per heavy atom. The van der Waals surface area contributed by atoms with Crippen molar-refractivity contribution in [1.82, 2.24) is 14.5 Å². The molecule has 144 valence electrons. The van der Waals surface area contributed by atoms with Crippen LogP contribution in [0.2, 0.25) is 0 Å². The average Bonchev–Trinajstić information content (AvgIpc) is 2.66. The molecule has 28 heavy (non-hydrogen) atoms. The third-order valence-electron chi connectivity index (χ3n) is 5.09. The van der Waals surface area contributed by atoms with Crippen molar-refractivity contribution in [2.45, 2.75) is 19.4 Å². The molecular formula is C22H24N4O2. The number of aryl methyl sites for hydroxylation is 1. The summed E-state index contributed by atoms with van der Waals surface area (Å²) in [5, 5.41) is 18.8. The van der Waals surface area contributed by atoms with Crippen LogP contribution in [0, 0.1) is 12.3 Å². The second-order valence-corrected chi connectivity index (χ2v) is 7.48. The first-order chi connectivity index (χ1) is 13.4. The maximum absolute atomic E-state index is 9.90. The Kier molecular flexibility index (Phi) is 4.65. The van der Waals surface area contributed by atoms with E-state index in [-0.39, 0.29) is 11.7 Å². The number of likely N-dealkylation sites (N-methyl/N-ethyl adjacent to an activating group) is 1. The third kappa shape index (κ3) is 3.27. The third-order valence-corrected chi connectivity index (χ3v) is 5.09. The lowest BCUT2D eigenvalue weighted by Gasteiger charge is -2.28. The summed E-state index contributed by atoms with van der Waals surface area (Å²) in [6.07, 6.45) is 1.66. The molecule has 0 unspecified atom stereocenters. The highest BCUT2D eigenvalue weighted by Crippen LogP contribution is 2.45. The van der Waals surface area contributed by atoms with Gasteiger partial charge in [0.1, 0.15) is 23.3 Å². The Bertz CT molecular complexity index is 1070. The fraction of sp³-hybridized carbons (Fsp3) is 0.273. The summed E-state index contributed by atoms with van der Waals surface area (Å²) < 4.78 is 7.84. The summed E-state index contributed by atoms with van der Waals surface area (Å²) in [7, 11) is 4.02. The largest absolute Gasteiger partial charge is 0.508 e. The zero-order valence-corrected chi connectivity index (χ0v) is 16.3. The lowest BCUT2D eigenvalue weighted by atomic mass is 9.83. The van der Waals surface area contributed by atoms with Crippen LogP contribution in [0.15, 0.2) is 48.8 Å². The van der Waals surface area contributed by atoms with E-state index in [1.807, 2.05) is 24.7 Å². The van der Waals surface area contributed by atoms with Crippen molar-refractivity contribution in [1.29, 1.82) is 5.41 Å². The Morgan fingerprint density at radius 2 is 1.93 bits per heavy atom. The quantitative estimate of drug-likeness (QED) is 0.573. The van der Waals surface area contributed by atoms with Gasteiger partial charge in [-0.1, -0.05) is 35.9 Å². The van der Waals surface area contributed by atoms with Crippen LogP contribution in [0.5, 0.6) is 17.4 Å². The number of aromatic hydroxyl groups is 1. The van der Waals surface area contributed by atoms with E-state index < -0.39 is 0 Å². The number of hydrogen-bond donors (Lipinski definition) is 2. The molecule has 0 radical (unpaired) electrons. The number of nitrogens with one attached hydrogen (secondary N) is 1. The molecule has 0 spiro atoms. The highest BCUT2D eigenvalue weighted by atomic mass is 16.5. The molecule has 2 heterocycles. The first-order valence-electron chi connectivity index (χ1n) is 9.30. The molecule has 3 aromatic rings. The number of benzene rings is 2. The first kappa shape index (κ1) is 18.3. The van der Waals surface area contributed by atoms with E-state index in [0.717, 1.165) is 23.2 Å². The summed E-state index contributed by atoms with van der Waals surface area (Å²) in [6.45, 7) is 3.55. The van der Waals surface area contributed by atoms with E-state index in [1.54, 1.807) is 18.5 Å². The van der Waals surface area contributed by atoms with Gasteiger partial charge in [-0.3, -0.25) is 5.41 Å². The molecule has 4 rings (SSSR count). The van der Waals surface area contributed by atoms with Gasteiger partial charge in [0.05, 0.1) is 5.56 Å². The van der Waals surface area contributed by atoms with Gasteiger partial charge in [-0.2, -0.15) is 0 Å². The van der Waals surface area contributed by atoms with Crippen molar-refractivity contribution >= 4 is 0 Å². The molecule has 1 atom stereocenters. The summed E-state index contributed by atoms with van der Waals surface area (Å²) in [5.41, 5.74) is 4.33. The maximum atomic E-state index is 9.90. The Balaban J connectivity index is 1.90. The van der Waals surface area contributed by atoms with Gasteiger partial charge in [-0.15, -0.1) is 0 Å². The number of fused-ring (bicyclic) bond motifs is 2. The van der Waals surface area contributed by atoms with Crippen molar-refractivity contribution in [3.63, 3.8) is 0 Å². The van der Waals surface area contributed by atoms with Gasteiger partial charge in [0.25, 0.3) is 0 Å². The molecule has 6 heteroatoms. The van der Waals surface area contributed by atoms with Gasteiger partial charge in [0.15, 0.2) is 0 Å². The second kappa shape index (κ2) is 7.13. The lowest BCUT2D eigenvalue weighted by Crippen LogP contribution is -2.32. The molecule has 2 aromatic carbocycles. The minimum absolute atomic E-state index is 0.146. The van der Waals surface area contributed by atoms with E-state index in [2.05, 4.69) is 41.1 Å². The van der Waals surface area contributed by atoms with Crippen LogP contribution < -0.4 is 10.2 Å². The van der Waals surface area contributed by atoms with Gasteiger partial charge >= 0.3 is 0 Å². The summed E-state index contributed by atoms with van der Waals surface area (Å²) in [6, 6.07) is 13.5. The topological polar surface area (TPSA) is 74.4 Å². The van der Waals surface area contributed by atoms with Crippen LogP contribution in [-0.4, -0.2) is 40.2 Å². The Labute approximate surface area is 164 Å². The molecule has 0 amide bonds. The van der Waals surface area contributed by atoms with Crippen LogP contribution in [0.1, 0.15) is 28.2 Å². The van der Waals surface area contributed by atoms with Crippen LogP contribution in [0.4, 0.5) is 0 Å². The lowest BCUT2D eigenvalue weighted by molar-refractivity contribution is 0.370. The zero-order chi connectivity index (χ0) is 19.8. The van der Waals surface area contributed by atoms with Gasteiger partial charge in [0.2, 0.25) is 5.88 Å². The van der Waals surface area contributed by atoms with Crippen LogP contribution in [0.25, 0.3) is 0 Å². The molecule has 0 fully saturated rings. The van der Waals surface area contributed by atoms with E-state index in [4.69, 9.17) is 10.1 Å². The highest BCUT2D eigenvalue weighted by molar-refractivity contribution is 5.57. The van der Waals surface area contributed by atoms with Gasteiger partial charge in [-0.25, -0.2) is 4.98 Å². The molecule has 0 saturated heterocycles. The predicted octanol–water partition coefficient (Wildman–Crippen LogP) is 3.22. The van der Waals surface area contributed by atoms with Crippen LogP contribution in [-0.2, 0) is 6.54 Å². The maximum Gasteiger partial charge on any atom is 0.228 e. The molecular weight excluding hydrogens is 352 g/mol. The number of phenols is 1. The molecule has 0 saturated carbocycles. The fourth-order valence-electron chi connectivity index (χ4n) is 3.54. The highest BCUT2D eigenvalue weighted by Gasteiger charge is 2.32. The minimum Gasteiger partial charge on any atom is -0.508 e. The second-order valence-electron chi connectivity index (χ2n) is 7.48. The average molecular weight is 376 g/mol. The SMILES string of the molecule is Cc1ccc([C@@H]2c3ccc(O)cc3Oc3ncn(CCN(C)C)c(=N)c32)cc1. The number of rotatable bonds is 4. The molecule has 6 nitrogen and oxygen atoms in total. The fourth-order valence-corrected chi connectivity index (χ4v) is 3.54. The van der Waals surface area contributed by atoms with Crippen molar-refractivity contribution in [2.24, 2.45) is 0 Å². The Morgan fingerprint density at radius 1 is 1.18 bits per heavy atom. The molecule has 0 bridgehead atoms. The number of aromatic nitrogens is 2. The summed E-state index contributed by atoms with van der Waals surface area (Å²) in [5.74, 6) is 0.977. The summed E-state index contributed by atoms with van der Waals surface area (Å²) in [4.78, 5) is 6.58. The van der Waals surface area contributed by atoms with E-state index in [0.29, 0.717) is 23.7 Å². The number of nitrogens with zero attached hydrogens (tertiary/aromatic N) is 3. The number of phenolic OH excluding ortho intramolecular Hbond substituents is 1. The van der Waals surface area contributed by atoms with Crippen molar-refractivity contribution in [3.05, 3.63) is 76.5 Å². The van der Waals surface area contributed by atoms with Gasteiger partial charge < -0.3 is 19.3 Å². The monoisotopic (exact) mass is 376 g/mol. The van der Waals surface area contributed by atoms with Crippen molar-refractivity contribution in [3.8, 4) is 17.4 Å². The van der Waals surface area contributed by atoms with Crippen LogP contribution >= 0.6 is 0 Å². The van der Waals surface area contributed by atoms with Crippen LogP contribution in [0.3, 0.4) is 0 Å². The number of hydrogen-bond acceptors (Lipinski definition) is 5. The standard InChI is InChI=1S/C22H24N4O2/c1-14-4-6-15(7-5-14)19-17-9-8-16(27)12-18(17)28-22-20(19)21(23)26(13-24-22)11-10-25(2)3/h4-9,12-13,19,23,27H,10-11H2,1-3H3/t19-/m1/s1. The van der Waals surface area contributed by atoms with E-state index in [9.17, 15) is 5.11 Å². The normalized spacial score (nSPS) is 15.1. The van der Waals surface area contributed by atoms with Gasteiger partial charge in [-0.05, 0) is 32.6 Å². The Hall–Kier alpha value is -3.12. The van der Waals surface area contributed by atoms with E-state index in [1.165, 1.54) is 5.56 Å². The zero-order valence-electron chi connectivity index (χ0n) is 16.3.